The number of pyridine rings is 1. The number of hydrogen-bond donors (Lipinski definition) is 0. The van der Waals surface area contributed by atoms with Crippen LogP contribution >= 0.6 is 11.6 Å². The fourth-order valence-corrected chi connectivity index (χ4v) is 4.78. The summed E-state index contributed by atoms with van der Waals surface area (Å²) in [6.45, 7) is 4.32. The number of aryl methyl sites for hydroxylation is 1. The van der Waals surface area contributed by atoms with Crippen molar-refractivity contribution in [1.82, 2.24) is 9.88 Å². The zero-order valence-corrected chi connectivity index (χ0v) is 22.7. The number of aromatic nitrogens is 1. The SMILES string of the molecule is CC(=O)CCCCc1cccc(N=CCN2CCC(Oc3cccc(Cc4ccc(Cl)cc4F)n3)CC2)c1. The van der Waals surface area contributed by atoms with Crippen molar-refractivity contribution in [2.24, 2.45) is 4.99 Å². The molecular formula is C31H35ClFN3O2. The van der Waals surface area contributed by atoms with Crippen LogP contribution in [0.15, 0.2) is 65.7 Å². The van der Waals surface area contributed by atoms with Gasteiger partial charge in [-0.3, -0.25) is 9.89 Å². The fraction of sp³-hybridized carbons (Fsp3) is 0.387. The monoisotopic (exact) mass is 535 g/mol. The van der Waals surface area contributed by atoms with E-state index in [0.29, 0.717) is 29.3 Å². The highest BCUT2D eigenvalue weighted by molar-refractivity contribution is 6.30. The van der Waals surface area contributed by atoms with Crippen LogP contribution < -0.4 is 4.74 Å². The first-order chi connectivity index (χ1) is 18.4. The average molecular weight is 536 g/mol. The van der Waals surface area contributed by atoms with Crippen molar-refractivity contribution < 1.29 is 13.9 Å². The first-order valence-corrected chi connectivity index (χ1v) is 13.7. The Bertz CT molecular complexity index is 1240. The third-order valence-corrected chi connectivity index (χ3v) is 6.96. The lowest BCUT2D eigenvalue weighted by Crippen LogP contribution is -2.39. The van der Waals surface area contributed by atoms with Crippen molar-refractivity contribution in [1.29, 1.82) is 0 Å². The van der Waals surface area contributed by atoms with Gasteiger partial charge in [0, 0.05) is 55.5 Å². The van der Waals surface area contributed by atoms with Gasteiger partial charge in [0.2, 0.25) is 5.88 Å². The second-order valence-electron chi connectivity index (χ2n) is 9.89. The normalized spacial score (nSPS) is 14.7. The third kappa shape index (κ3) is 9.03. The van der Waals surface area contributed by atoms with Gasteiger partial charge < -0.3 is 9.53 Å². The van der Waals surface area contributed by atoms with Crippen LogP contribution in [-0.4, -0.2) is 47.6 Å². The molecule has 1 aliphatic heterocycles. The number of Topliss-reactive ketones (excluding diaryl/α,β-unsaturated/α-hetero) is 1. The molecule has 0 atom stereocenters. The average Bonchev–Trinajstić information content (AvgIpc) is 2.90. The maximum atomic E-state index is 14.2. The van der Waals surface area contributed by atoms with Gasteiger partial charge in [-0.05, 0) is 80.5 Å². The molecule has 0 saturated carbocycles. The van der Waals surface area contributed by atoms with E-state index < -0.39 is 0 Å². The third-order valence-electron chi connectivity index (χ3n) is 6.72. The van der Waals surface area contributed by atoms with Gasteiger partial charge >= 0.3 is 0 Å². The molecule has 0 radical (unpaired) electrons. The zero-order chi connectivity index (χ0) is 26.7. The predicted molar refractivity (Wildman–Crippen MR) is 151 cm³/mol. The molecule has 0 unspecified atom stereocenters. The molecule has 0 spiro atoms. The molecule has 0 N–H and O–H groups in total. The Kier molecular flexibility index (Phi) is 10.4. The molecular weight excluding hydrogens is 501 g/mol. The van der Waals surface area contributed by atoms with E-state index in [2.05, 4.69) is 27.0 Å². The quantitative estimate of drug-likeness (QED) is 0.185. The summed E-state index contributed by atoms with van der Waals surface area (Å²) in [4.78, 5) is 22.7. The number of hydrogen-bond acceptors (Lipinski definition) is 5. The molecule has 2 aromatic carbocycles. The molecule has 2 heterocycles. The maximum Gasteiger partial charge on any atom is 0.213 e. The van der Waals surface area contributed by atoms with E-state index in [-0.39, 0.29) is 17.7 Å². The lowest BCUT2D eigenvalue weighted by atomic mass is 10.1. The number of ketones is 1. The Labute approximate surface area is 229 Å². The van der Waals surface area contributed by atoms with Crippen LogP contribution in [0.3, 0.4) is 0 Å². The Morgan fingerprint density at radius 1 is 1.13 bits per heavy atom. The van der Waals surface area contributed by atoms with Gasteiger partial charge in [0.05, 0.1) is 5.69 Å². The number of carbonyl (C=O) groups excluding carboxylic acids is 1. The number of carbonyl (C=O) groups is 1. The van der Waals surface area contributed by atoms with Gasteiger partial charge in [-0.15, -0.1) is 0 Å². The van der Waals surface area contributed by atoms with Gasteiger partial charge in [0.1, 0.15) is 17.7 Å². The van der Waals surface area contributed by atoms with Gasteiger partial charge in [-0.2, -0.15) is 0 Å². The molecule has 4 rings (SSSR count). The first-order valence-electron chi connectivity index (χ1n) is 13.3. The number of aliphatic imine (C=N–C) groups is 1. The summed E-state index contributed by atoms with van der Waals surface area (Å²) in [7, 11) is 0. The highest BCUT2D eigenvalue weighted by Gasteiger charge is 2.20. The highest BCUT2D eigenvalue weighted by Crippen LogP contribution is 2.21. The van der Waals surface area contributed by atoms with Crippen LogP contribution in [0.1, 0.15) is 55.8 Å². The summed E-state index contributed by atoms with van der Waals surface area (Å²) in [5, 5.41) is 0.386. The molecule has 38 heavy (non-hydrogen) atoms. The molecule has 0 amide bonds. The predicted octanol–water partition coefficient (Wildman–Crippen LogP) is 7.01. The van der Waals surface area contributed by atoms with Crippen molar-refractivity contribution >= 4 is 29.3 Å². The number of nitrogens with zero attached hydrogens (tertiary/aromatic N) is 3. The summed E-state index contributed by atoms with van der Waals surface area (Å²) in [6, 6.07) is 18.7. The van der Waals surface area contributed by atoms with E-state index in [9.17, 15) is 9.18 Å². The summed E-state index contributed by atoms with van der Waals surface area (Å²) in [6.07, 6.45) is 7.91. The maximum absolute atomic E-state index is 14.2. The molecule has 5 nitrogen and oxygen atoms in total. The number of unbranched alkanes of at least 4 members (excludes halogenated alkanes) is 1. The first kappa shape index (κ1) is 27.9. The molecule has 1 fully saturated rings. The van der Waals surface area contributed by atoms with E-state index in [4.69, 9.17) is 16.3 Å². The number of ether oxygens (including phenoxy) is 1. The topological polar surface area (TPSA) is 54.8 Å². The van der Waals surface area contributed by atoms with E-state index in [0.717, 1.165) is 63.1 Å². The lowest BCUT2D eigenvalue weighted by Gasteiger charge is -2.30. The van der Waals surface area contributed by atoms with Gasteiger partial charge in [0.15, 0.2) is 0 Å². The Morgan fingerprint density at radius 2 is 1.95 bits per heavy atom. The fourth-order valence-electron chi connectivity index (χ4n) is 4.62. The highest BCUT2D eigenvalue weighted by atomic mass is 35.5. The van der Waals surface area contributed by atoms with Crippen LogP contribution in [0.25, 0.3) is 0 Å². The standard InChI is InChI=1S/C31H35ClFN3O2/c1-23(37)6-2-3-7-24-8-4-9-27(20-24)34-16-19-36-17-14-29(15-18-36)38-31-11-5-10-28(35-31)21-25-12-13-26(32)22-30(25)33/h4-5,8-13,16,20,22,29H,2-3,6-7,14-15,17-19,21H2,1H3. The number of rotatable bonds is 12. The van der Waals surface area contributed by atoms with Gasteiger partial charge in [-0.25, -0.2) is 9.37 Å². The second-order valence-corrected chi connectivity index (χ2v) is 10.3. The molecule has 200 valence electrons. The molecule has 0 aliphatic carbocycles. The van der Waals surface area contributed by atoms with Crippen molar-refractivity contribution in [3.8, 4) is 5.88 Å². The van der Waals surface area contributed by atoms with Crippen LogP contribution in [0.4, 0.5) is 10.1 Å². The van der Waals surface area contributed by atoms with Crippen molar-refractivity contribution in [2.45, 2.75) is 58.0 Å². The minimum Gasteiger partial charge on any atom is -0.474 e. The summed E-state index contributed by atoms with van der Waals surface area (Å²) < 4.78 is 20.3. The molecule has 1 aliphatic rings. The minimum atomic E-state index is -0.324. The Balaban J connectivity index is 1.20. The summed E-state index contributed by atoms with van der Waals surface area (Å²) in [5.74, 6) is 0.515. The number of likely N-dealkylation sites (tertiary alicyclic amines) is 1. The zero-order valence-electron chi connectivity index (χ0n) is 21.9. The van der Waals surface area contributed by atoms with Gasteiger partial charge in [-0.1, -0.05) is 35.9 Å². The van der Waals surface area contributed by atoms with E-state index >= 15 is 0 Å². The van der Waals surface area contributed by atoms with Crippen LogP contribution in [-0.2, 0) is 17.6 Å². The number of piperidine rings is 1. The van der Waals surface area contributed by atoms with E-state index in [1.54, 1.807) is 19.1 Å². The summed E-state index contributed by atoms with van der Waals surface area (Å²) in [5.41, 5.74) is 3.55. The van der Waals surface area contributed by atoms with E-state index in [1.807, 2.05) is 36.5 Å². The molecule has 1 saturated heterocycles. The molecule has 1 aromatic heterocycles. The smallest absolute Gasteiger partial charge is 0.213 e. The minimum absolute atomic E-state index is 0.109. The Hall–Kier alpha value is -3.09. The van der Waals surface area contributed by atoms with Crippen LogP contribution in [0, 0.1) is 5.82 Å². The number of halogens is 2. The summed E-state index contributed by atoms with van der Waals surface area (Å²) >= 11 is 5.86. The largest absolute Gasteiger partial charge is 0.474 e. The van der Waals surface area contributed by atoms with Crippen LogP contribution in [0.5, 0.6) is 5.88 Å². The number of benzene rings is 2. The van der Waals surface area contributed by atoms with Crippen molar-refractivity contribution in [3.05, 3.63) is 88.3 Å². The van der Waals surface area contributed by atoms with Crippen LogP contribution in [0.2, 0.25) is 5.02 Å². The van der Waals surface area contributed by atoms with Crippen molar-refractivity contribution in [3.63, 3.8) is 0 Å². The Morgan fingerprint density at radius 3 is 2.74 bits per heavy atom. The molecule has 3 aromatic rings. The lowest BCUT2D eigenvalue weighted by molar-refractivity contribution is -0.117. The van der Waals surface area contributed by atoms with Gasteiger partial charge in [0.25, 0.3) is 0 Å². The molecule has 7 heteroatoms. The molecule has 0 bridgehead atoms. The van der Waals surface area contributed by atoms with Crippen molar-refractivity contribution in [2.75, 3.05) is 19.6 Å². The second kappa shape index (κ2) is 14.2. The van der Waals surface area contributed by atoms with E-state index in [1.165, 1.54) is 11.6 Å².